The fourth-order valence-corrected chi connectivity index (χ4v) is 8.09. The molecule has 1 saturated heterocycles. The number of piperazine rings is 1. The number of rotatable bonds is 9. The summed E-state index contributed by atoms with van der Waals surface area (Å²) >= 11 is 6.51. The minimum atomic E-state index is -0.652. The molecule has 1 N–H and O–H groups in total. The minimum Gasteiger partial charge on any atom is -0.337 e. The van der Waals surface area contributed by atoms with E-state index in [-0.39, 0.29) is 24.0 Å². The predicted molar refractivity (Wildman–Crippen MR) is 191 cm³/mol. The number of carbonyl (C=O) groups excluding carboxylic acids is 2. The predicted octanol–water partition coefficient (Wildman–Crippen LogP) is 6.27. The highest BCUT2D eigenvalue weighted by Crippen LogP contribution is 2.38. The molecule has 256 valence electrons. The highest BCUT2D eigenvalue weighted by molar-refractivity contribution is 6.30. The van der Waals surface area contributed by atoms with Gasteiger partial charge in [-0.2, -0.15) is 0 Å². The first-order valence-electron chi connectivity index (χ1n) is 17.9. The number of hydrogen-bond donors (Lipinski definition) is 1. The van der Waals surface area contributed by atoms with Gasteiger partial charge in [0.2, 0.25) is 5.91 Å². The first-order chi connectivity index (χ1) is 24.0. The van der Waals surface area contributed by atoms with E-state index in [2.05, 4.69) is 45.5 Å². The number of nitrogens with zero attached hydrogens (tertiary/aromatic N) is 6. The minimum absolute atomic E-state index is 0.0239. The standard InChI is InChI=1S/C39H46ClN7O2/c40-32-16-17-34-31(25-32)15-14-30-11-7-18-42-36(30)37(34)45-23-24-47(39(49)43-33-12-5-2-6-13-33)35(27-45)38(48)46(26-29-9-3-1-4-10-29)21-8-20-44-22-19-41-28-44/h1,3-4,7,9-11,16-19,22,25,28,33,35,37H,2,5-6,8,12-15,20-21,23-24,26-27H2,(H,43,49)/t35-,37-/m1/s1. The van der Waals surface area contributed by atoms with Crippen LogP contribution >= 0.6 is 11.6 Å². The molecule has 49 heavy (non-hydrogen) atoms. The zero-order chi connectivity index (χ0) is 33.6. The van der Waals surface area contributed by atoms with E-state index in [1.54, 1.807) is 6.20 Å². The molecule has 4 aromatic rings. The Kier molecular flexibility index (Phi) is 10.6. The molecular formula is C39H46ClN7O2. The third-order valence-electron chi connectivity index (χ3n) is 10.4. The van der Waals surface area contributed by atoms with Crippen molar-refractivity contribution in [1.29, 1.82) is 0 Å². The summed E-state index contributed by atoms with van der Waals surface area (Å²) < 4.78 is 2.04. The molecule has 10 heteroatoms. The van der Waals surface area contributed by atoms with Crippen LogP contribution in [0.15, 0.2) is 85.6 Å². The SMILES string of the molecule is O=C([C@H]1CN([C@@H]2c3ccc(Cl)cc3CCc3cccnc32)CCN1C(=O)NC1CCCCC1)N(CCCn1ccnc1)Cc1ccccc1. The molecule has 1 saturated carbocycles. The van der Waals surface area contributed by atoms with Gasteiger partial charge in [0.25, 0.3) is 0 Å². The summed E-state index contributed by atoms with van der Waals surface area (Å²) in [6.07, 6.45) is 15.4. The van der Waals surface area contributed by atoms with Crippen LogP contribution in [0.25, 0.3) is 0 Å². The number of nitrogens with one attached hydrogen (secondary N) is 1. The average molecular weight is 680 g/mol. The smallest absolute Gasteiger partial charge is 0.318 e. The second-order valence-corrected chi connectivity index (χ2v) is 14.1. The maximum absolute atomic E-state index is 15.0. The lowest BCUT2D eigenvalue weighted by Crippen LogP contribution is -2.64. The van der Waals surface area contributed by atoms with Crippen molar-refractivity contribution in [1.82, 2.24) is 34.6 Å². The summed E-state index contributed by atoms with van der Waals surface area (Å²) in [7, 11) is 0. The van der Waals surface area contributed by atoms with E-state index >= 15 is 0 Å². The molecule has 3 heterocycles. The largest absolute Gasteiger partial charge is 0.337 e. The fourth-order valence-electron chi connectivity index (χ4n) is 7.89. The molecule has 2 aromatic carbocycles. The lowest BCUT2D eigenvalue weighted by molar-refractivity contribution is -0.139. The number of aryl methyl sites for hydroxylation is 3. The van der Waals surface area contributed by atoms with Crippen LogP contribution in [0.5, 0.6) is 0 Å². The third-order valence-corrected chi connectivity index (χ3v) is 10.7. The van der Waals surface area contributed by atoms with E-state index in [1.807, 2.05) is 63.4 Å². The molecule has 0 bridgehead atoms. The first kappa shape index (κ1) is 33.3. The van der Waals surface area contributed by atoms with Crippen molar-refractivity contribution in [3.8, 4) is 0 Å². The highest BCUT2D eigenvalue weighted by atomic mass is 35.5. The van der Waals surface area contributed by atoms with Crippen molar-refractivity contribution < 1.29 is 9.59 Å². The van der Waals surface area contributed by atoms with Crippen LogP contribution in [0.4, 0.5) is 4.79 Å². The Hall–Kier alpha value is -4.21. The van der Waals surface area contributed by atoms with Gasteiger partial charge in [-0.3, -0.25) is 14.7 Å². The number of urea groups is 1. The summed E-state index contributed by atoms with van der Waals surface area (Å²) in [4.78, 5) is 44.3. The van der Waals surface area contributed by atoms with Crippen molar-refractivity contribution in [2.45, 2.75) is 82.6 Å². The number of imidazole rings is 1. The molecule has 3 amide bonds. The lowest BCUT2D eigenvalue weighted by atomic mass is 9.94. The normalized spacial score (nSPS) is 19.8. The number of halogens is 1. The number of hydrogen-bond acceptors (Lipinski definition) is 5. The van der Waals surface area contributed by atoms with Gasteiger partial charge in [0, 0.05) is 68.9 Å². The van der Waals surface area contributed by atoms with Gasteiger partial charge >= 0.3 is 6.03 Å². The molecule has 2 atom stereocenters. The van der Waals surface area contributed by atoms with Gasteiger partial charge < -0.3 is 19.7 Å². The molecule has 3 aliphatic rings. The molecule has 7 rings (SSSR count). The molecule has 2 aliphatic carbocycles. The van der Waals surface area contributed by atoms with Gasteiger partial charge in [-0.05, 0) is 72.6 Å². The van der Waals surface area contributed by atoms with Crippen molar-refractivity contribution in [2.75, 3.05) is 26.2 Å². The van der Waals surface area contributed by atoms with Gasteiger partial charge in [-0.15, -0.1) is 0 Å². The number of amides is 3. The van der Waals surface area contributed by atoms with Crippen molar-refractivity contribution in [2.24, 2.45) is 0 Å². The number of fused-ring (bicyclic) bond motifs is 2. The van der Waals surface area contributed by atoms with Crippen molar-refractivity contribution in [3.05, 3.63) is 119 Å². The second kappa shape index (κ2) is 15.6. The molecule has 0 spiro atoms. The summed E-state index contributed by atoms with van der Waals surface area (Å²) in [5, 5.41) is 4.05. The van der Waals surface area contributed by atoms with Gasteiger partial charge in [-0.25, -0.2) is 9.78 Å². The Morgan fingerprint density at radius 3 is 2.59 bits per heavy atom. The van der Waals surface area contributed by atoms with Gasteiger partial charge in [-0.1, -0.05) is 73.3 Å². The van der Waals surface area contributed by atoms with E-state index in [4.69, 9.17) is 16.6 Å². The number of pyridine rings is 1. The third kappa shape index (κ3) is 7.84. The number of benzene rings is 2. The van der Waals surface area contributed by atoms with Crippen LogP contribution in [0, 0.1) is 0 Å². The summed E-state index contributed by atoms with van der Waals surface area (Å²) in [6.45, 7) is 3.29. The Labute approximate surface area is 294 Å². The van der Waals surface area contributed by atoms with Crippen LogP contribution in [0.3, 0.4) is 0 Å². The van der Waals surface area contributed by atoms with E-state index in [9.17, 15) is 9.59 Å². The molecule has 2 aromatic heterocycles. The monoisotopic (exact) mass is 679 g/mol. The van der Waals surface area contributed by atoms with Gasteiger partial charge in [0.15, 0.2) is 0 Å². The Bertz CT molecular complexity index is 1710. The molecule has 0 unspecified atom stereocenters. The maximum Gasteiger partial charge on any atom is 0.318 e. The van der Waals surface area contributed by atoms with Crippen LogP contribution in [0.1, 0.15) is 72.5 Å². The quantitative estimate of drug-likeness (QED) is 0.226. The molecule has 0 radical (unpaired) electrons. The number of carbonyl (C=O) groups is 2. The van der Waals surface area contributed by atoms with E-state index in [0.717, 1.165) is 67.8 Å². The fraction of sp³-hybridized carbons (Fsp3) is 0.436. The van der Waals surface area contributed by atoms with E-state index in [1.165, 1.54) is 23.1 Å². The van der Waals surface area contributed by atoms with Crippen LogP contribution in [0.2, 0.25) is 5.02 Å². The van der Waals surface area contributed by atoms with Crippen molar-refractivity contribution in [3.63, 3.8) is 0 Å². The molecular weight excluding hydrogens is 634 g/mol. The summed E-state index contributed by atoms with van der Waals surface area (Å²) in [5.41, 5.74) is 5.69. The lowest BCUT2D eigenvalue weighted by Gasteiger charge is -2.45. The van der Waals surface area contributed by atoms with Gasteiger partial charge in [0.1, 0.15) is 6.04 Å². The van der Waals surface area contributed by atoms with Crippen LogP contribution in [-0.2, 0) is 30.7 Å². The van der Waals surface area contributed by atoms with Crippen LogP contribution in [-0.4, -0.2) is 79.4 Å². The summed E-state index contributed by atoms with van der Waals surface area (Å²) in [5.74, 6) is -0.0239. The Balaban J connectivity index is 1.21. The first-order valence-corrected chi connectivity index (χ1v) is 18.2. The molecule has 9 nitrogen and oxygen atoms in total. The topological polar surface area (TPSA) is 86.6 Å². The Morgan fingerprint density at radius 2 is 1.78 bits per heavy atom. The van der Waals surface area contributed by atoms with E-state index in [0.29, 0.717) is 32.7 Å². The molecule has 2 fully saturated rings. The van der Waals surface area contributed by atoms with Gasteiger partial charge in [0.05, 0.1) is 18.1 Å². The number of aromatic nitrogens is 3. The van der Waals surface area contributed by atoms with Crippen LogP contribution < -0.4 is 5.32 Å². The summed E-state index contributed by atoms with van der Waals surface area (Å²) in [6, 6.07) is 19.7. The Morgan fingerprint density at radius 1 is 0.939 bits per heavy atom. The zero-order valence-corrected chi connectivity index (χ0v) is 28.8. The second-order valence-electron chi connectivity index (χ2n) is 13.7. The van der Waals surface area contributed by atoms with Crippen molar-refractivity contribution >= 4 is 23.5 Å². The maximum atomic E-state index is 15.0. The highest BCUT2D eigenvalue weighted by Gasteiger charge is 2.42. The van der Waals surface area contributed by atoms with E-state index < -0.39 is 6.04 Å². The average Bonchev–Trinajstić information content (AvgIpc) is 3.60. The molecule has 1 aliphatic heterocycles. The zero-order valence-electron chi connectivity index (χ0n) is 28.1.